The molecule has 0 aliphatic carbocycles. The summed E-state index contributed by atoms with van der Waals surface area (Å²) in [6, 6.07) is 0. The van der Waals surface area contributed by atoms with E-state index in [0.29, 0.717) is 5.92 Å². The molecule has 5 heteroatoms. The molecule has 0 saturated carbocycles. The summed E-state index contributed by atoms with van der Waals surface area (Å²) in [6.07, 6.45) is 2.06. The summed E-state index contributed by atoms with van der Waals surface area (Å²) in [5.74, 6) is 1.55. The third-order valence-electron chi connectivity index (χ3n) is 2.50. The van der Waals surface area contributed by atoms with Crippen LogP contribution in [0.2, 0.25) is 0 Å². The molecular formula is C14H31N3O2. The molecule has 5 nitrogen and oxygen atoms in total. The van der Waals surface area contributed by atoms with Crippen molar-refractivity contribution >= 4 is 5.96 Å². The van der Waals surface area contributed by atoms with E-state index in [1.54, 1.807) is 7.11 Å². The molecule has 0 heterocycles. The summed E-state index contributed by atoms with van der Waals surface area (Å²) in [7, 11) is 1.71. The Balaban J connectivity index is 3.63. The van der Waals surface area contributed by atoms with Crippen molar-refractivity contribution in [3.8, 4) is 0 Å². The van der Waals surface area contributed by atoms with Crippen LogP contribution in [0.3, 0.4) is 0 Å². The van der Waals surface area contributed by atoms with Crippen LogP contribution in [0.5, 0.6) is 0 Å². The zero-order chi connectivity index (χ0) is 14.3. The number of hydrogen-bond donors (Lipinski definition) is 2. The van der Waals surface area contributed by atoms with Crippen LogP contribution in [-0.2, 0) is 9.47 Å². The average Bonchev–Trinajstić information content (AvgIpc) is 2.38. The Morgan fingerprint density at radius 3 is 2.58 bits per heavy atom. The van der Waals surface area contributed by atoms with E-state index >= 15 is 0 Å². The second-order valence-electron chi connectivity index (χ2n) is 4.83. The lowest BCUT2D eigenvalue weighted by Crippen LogP contribution is -2.39. The summed E-state index contributed by atoms with van der Waals surface area (Å²) in [5, 5.41) is 6.47. The van der Waals surface area contributed by atoms with Gasteiger partial charge in [-0.05, 0) is 25.7 Å². The van der Waals surface area contributed by atoms with E-state index in [4.69, 9.17) is 9.47 Å². The van der Waals surface area contributed by atoms with Gasteiger partial charge in [-0.15, -0.1) is 0 Å². The monoisotopic (exact) mass is 273 g/mol. The molecule has 0 unspecified atom stereocenters. The van der Waals surface area contributed by atoms with Gasteiger partial charge in [-0.1, -0.05) is 13.8 Å². The van der Waals surface area contributed by atoms with Crippen LogP contribution in [0.15, 0.2) is 4.99 Å². The molecule has 0 aliphatic heterocycles. The number of aliphatic imine (C=N–C) groups is 1. The number of nitrogens with one attached hydrogen (secondary N) is 2. The van der Waals surface area contributed by atoms with E-state index in [-0.39, 0.29) is 0 Å². The molecule has 0 amide bonds. The van der Waals surface area contributed by atoms with Gasteiger partial charge in [0.25, 0.3) is 0 Å². The number of guanidine groups is 1. The predicted molar refractivity (Wildman–Crippen MR) is 80.7 cm³/mol. The third-order valence-corrected chi connectivity index (χ3v) is 2.50. The summed E-state index contributed by atoms with van der Waals surface area (Å²) in [4.78, 5) is 4.46. The maximum absolute atomic E-state index is 5.55. The lowest BCUT2D eigenvalue weighted by molar-refractivity contribution is 0.128. The highest BCUT2D eigenvalue weighted by atomic mass is 16.5. The smallest absolute Gasteiger partial charge is 0.191 e. The van der Waals surface area contributed by atoms with Crippen LogP contribution in [0.4, 0.5) is 0 Å². The molecule has 0 atom stereocenters. The summed E-state index contributed by atoms with van der Waals surface area (Å²) >= 11 is 0. The van der Waals surface area contributed by atoms with Crippen molar-refractivity contribution in [2.24, 2.45) is 10.9 Å². The number of hydrogen-bond acceptors (Lipinski definition) is 3. The molecule has 19 heavy (non-hydrogen) atoms. The molecule has 114 valence electrons. The van der Waals surface area contributed by atoms with Gasteiger partial charge < -0.3 is 20.1 Å². The van der Waals surface area contributed by atoms with Gasteiger partial charge in [0.15, 0.2) is 5.96 Å². The van der Waals surface area contributed by atoms with E-state index in [1.807, 2.05) is 0 Å². The van der Waals surface area contributed by atoms with Crippen LogP contribution < -0.4 is 10.6 Å². The average molecular weight is 273 g/mol. The van der Waals surface area contributed by atoms with E-state index in [9.17, 15) is 0 Å². The Kier molecular flexibility index (Phi) is 13.0. The van der Waals surface area contributed by atoms with Crippen molar-refractivity contribution in [2.75, 3.05) is 46.6 Å². The molecule has 0 aromatic rings. The molecule has 2 N–H and O–H groups in total. The van der Waals surface area contributed by atoms with E-state index in [2.05, 4.69) is 36.4 Å². The summed E-state index contributed by atoms with van der Waals surface area (Å²) < 4.78 is 10.5. The lowest BCUT2D eigenvalue weighted by atomic mass is 10.1. The van der Waals surface area contributed by atoms with Crippen molar-refractivity contribution in [1.29, 1.82) is 0 Å². The minimum atomic E-state index is 0.702. The Bertz CT molecular complexity index is 221. The Morgan fingerprint density at radius 2 is 1.95 bits per heavy atom. The van der Waals surface area contributed by atoms with Crippen molar-refractivity contribution in [3.63, 3.8) is 0 Å². The maximum Gasteiger partial charge on any atom is 0.191 e. The second kappa shape index (κ2) is 13.6. The molecule has 0 fully saturated rings. The van der Waals surface area contributed by atoms with Gasteiger partial charge in [0.1, 0.15) is 0 Å². The molecular weight excluding hydrogens is 242 g/mol. The number of rotatable bonds is 11. The van der Waals surface area contributed by atoms with E-state index < -0.39 is 0 Å². The molecule has 0 spiro atoms. The van der Waals surface area contributed by atoms with Gasteiger partial charge in [-0.3, -0.25) is 4.99 Å². The van der Waals surface area contributed by atoms with Crippen molar-refractivity contribution in [2.45, 2.75) is 33.6 Å². The Morgan fingerprint density at radius 1 is 1.16 bits per heavy atom. The highest BCUT2D eigenvalue weighted by Gasteiger charge is 1.97. The minimum Gasteiger partial charge on any atom is -0.385 e. The van der Waals surface area contributed by atoms with E-state index in [1.165, 1.54) is 0 Å². The fourth-order valence-corrected chi connectivity index (χ4v) is 1.40. The second-order valence-corrected chi connectivity index (χ2v) is 4.83. The third kappa shape index (κ3) is 13.4. The van der Waals surface area contributed by atoms with Gasteiger partial charge in [-0.2, -0.15) is 0 Å². The first-order valence-corrected chi connectivity index (χ1v) is 7.29. The number of methoxy groups -OCH3 is 1. The molecule has 0 aromatic carbocycles. The standard InChI is InChI=1S/C14H31N3O2/c1-5-15-14(16-8-6-10-18-4)17-9-12-19-11-7-13(2)3/h13H,5-12H2,1-4H3,(H2,15,16,17). The van der Waals surface area contributed by atoms with E-state index in [0.717, 1.165) is 58.3 Å². The lowest BCUT2D eigenvalue weighted by Gasteiger charge is -2.12. The van der Waals surface area contributed by atoms with Gasteiger partial charge in [0.2, 0.25) is 0 Å². The highest BCUT2D eigenvalue weighted by Crippen LogP contribution is 1.98. The van der Waals surface area contributed by atoms with Gasteiger partial charge in [0, 0.05) is 40.0 Å². The topological polar surface area (TPSA) is 54.9 Å². The fraction of sp³-hybridized carbons (Fsp3) is 0.929. The zero-order valence-electron chi connectivity index (χ0n) is 13.0. The fourth-order valence-electron chi connectivity index (χ4n) is 1.40. The normalized spacial score (nSPS) is 11.9. The van der Waals surface area contributed by atoms with Crippen molar-refractivity contribution in [1.82, 2.24) is 10.6 Å². The zero-order valence-corrected chi connectivity index (χ0v) is 13.0. The first kappa shape index (κ1) is 18.2. The molecule has 0 radical (unpaired) electrons. The van der Waals surface area contributed by atoms with Crippen LogP contribution in [0, 0.1) is 5.92 Å². The molecule has 0 aromatic heterocycles. The summed E-state index contributed by atoms with van der Waals surface area (Å²) in [5.41, 5.74) is 0. The number of nitrogens with zero attached hydrogens (tertiary/aromatic N) is 1. The molecule has 0 saturated heterocycles. The SMILES string of the molecule is CCNC(=NCCCOC)NCCOCCC(C)C. The Hall–Kier alpha value is -0.810. The van der Waals surface area contributed by atoms with Crippen LogP contribution in [0.25, 0.3) is 0 Å². The highest BCUT2D eigenvalue weighted by molar-refractivity contribution is 5.79. The van der Waals surface area contributed by atoms with Gasteiger partial charge in [-0.25, -0.2) is 0 Å². The maximum atomic E-state index is 5.55. The van der Waals surface area contributed by atoms with Crippen LogP contribution in [-0.4, -0.2) is 52.5 Å². The molecule has 0 aliphatic rings. The van der Waals surface area contributed by atoms with Crippen molar-refractivity contribution in [3.05, 3.63) is 0 Å². The molecule has 0 bridgehead atoms. The molecule has 0 rings (SSSR count). The van der Waals surface area contributed by atoms with Gasteiger partial charge >= 0.3 is 0 Å². The predicted octanol–water partition coefficient (Wildman–Crippen LogP) is 1.64. The summed E-state index contributed by atoms with van der Waals surface area (Å²) in [6.45, 7) is 11.2. The minimum absolute atomic E-state index is 0.702. The van der Waals surface area contributed by atoms with Crippen molar-refractivity contribution < 1.29 is 9.47 Å². The van der Waals surface area contributed by atoms with Gasteiger partial charge in [0.05, 0.1) is 6.61 Å². The largest absolute Gasteiger partial charge is 0.385 e. The quantitative estimate of drug-likeness (QED) is 0.341. The first-order chi connectivity index (χ1) is 9.20. The number of ether oxygens (including phenoxy) is 2. The van der Waals surface area contributed by atoms with Crippen LogP contribution in [0.1, 0.15) is 33.6 Å². The first-order valence-electron chi connectivity index (χ1n) is 7.29. The van der Waals surface area contributed by atoms with Crippen LogP contribution >= 0.6 is 0 Å². The Labute approximate surface area is 118 Å².